The summed E-state index contributed by atoms with van der Waals surface area (Å²) in [5.74, 6) is 0.267. The van der Waals surface area contributed by atoms with Crippen LogP contribution in [0.1, 0.15) is 46.0 Å². The highest BCUT2D eigenvalue weighted by atomic mass is 16.2. The molecular formula is C18H32N4O2. The molecule has 0 bridgehead atoms. The van der Waals surface area contributed by atoms with Crippen molar-refractivity contribution in [3.63, 3.8) is 0 Å². The zero-order chi connectivity index (χ0) is 17.3. The van der Waals surface area contributed by atoms with Crippen molar-refractivity contribution in [2.24, 2.45) is 17.1 Å². The van der Waals surface area contributed by atoms with Gasteiger partial charge in [-0.1, -0.05) is 6.42 Å². The van der Waals surface area contributed by atoms with Gasteiger partial charge in [0.15, 0.2) is 0 Å². The molecule has 136 valence electrons. The topological polar surface area (TPSA) is 78.7 Å². The molecule has 3 fully saturated rings. The Balaban J connectivity index is 1.46. The Morgan fingerprint density at radius 3 is 2.54 bits per heavy atom. The van der Waals surface area contributed by atoms with Crippen LogP contribution < -0.4 is 11.1 Å². The number of likely N-dealkylation sites (tertiary alicyclic amines) is 2. The minimum atomic E-state index is -0.372. The summed E-state index contributed by atoms with van der Waals surface area (Å²) in [6.07, 6.45) is 5.09. The average Bonchev–Trinajstić information content (AvgIpc) is 3.05. The van der Waals surface area contributed by atoms with Gasteiger partial charge < -0.3 is 16.0 Å². The van der Waals surface area contributed by atoms with Gasteiger partial charge in [0.05, 0.1) is 12.0 Å². The average molecular weight is 336 g/mol. The van der Waals surface area contributed by atoms with E-state index in [0.717, 1.165) is 51.7 Å². The molecule has 24 heavy (non-hydrogen) atoms. The molecule has 0 radical (unpaired) electrons. The number of nitrogens with one attached hydrogen (secondary N) is 1. The third kappa shape index (κ3) is 3.45. The van der Waals surface area contributed by atoms with E-state index < -0.39 is 0 Å². The van der Waals surface area contributed by atoms with Crippen molar-refractivity contribution >= 4 is 11.8 Å². The molecule has 1 aliphatic carbocycles. The first-order valence-corrected chi connectivity index (χ1v) is 9.46. The number of fused-ring (bicyclic) bond motifs is 1. The molecule has 2 heterocycles. The molecule has 0 aromatic carbocycles. The van der Waals surface area contributed by atoms with Crippen molar-refractivity contribution in [3.8, 4) is 0 Å². The Hall–Kier alpha value is -1.14. The standard InChI is InChI=1S/C18H32N4O2/c1-13(2)22-8-5-15(6-9-22)20-16(23)11-21-10-14-4-3-7-18(14,12-21)17(19)24/h13-15H,3-12H2,1-2H3,(H2,19,24)(H,20,23)/t14-,18-/m0/s1. The van der Waals surface area contributed by atoms with Gasteiger partial charge >= 0.3 is 0 Å². The zero-order valence-corrected chi connectivity index (χ0v) is 15.1. The molecule has 0 spiro atoms. The van der Waals surface area contributed by atoms with Gasteiger partial charge in [0.2, 0.25) is 11.8 Å². The summed E-state index contributed by atoms with van der Waals surface area (Å²) < 4.78 is 0. The largest absolute Gasteiger partial charge is 0.369 e. The molecule has 2 saturated heterocycles. The van der Waals surface area contributed by atoms with E-state index in [0.29, 0.717) is 31.1 Å². The van der Waals surface area contributed by atoms with E-state index >= 15 is 0 Å². The number of nitrogens with two attached hydrogens (primary N) is 1. The fourth-order valence-corrected chi connectivity index (χ4v) is 4.95. The van der Waals surface area contributed by atoms with Gasteiger partial charge in [-0.25, -0.2) is 0 Å². The number of carbonyl (C=O) groups excluding carboxylic acids is 2. The van der Waals surface area contributed by atoms with Crippen molar-refractivity contribution in [1.82, 2.24) is 15.1 Å². The summed E-state index contributed by atoms with van der Waals surface area (Å²) >= 11 is 0. The first-order valence-electron chi connectivity index (χ1n) is 9.46. The quantitative estimate of drug-likeness (QED) is 0.769. The summed E-state index contributed by atoms with van der Waals surface area (Å²) in [5, 5.41) is 3.19. The Morgan fingerprint density at radius 2 is 1.96 bits per heavy atom. The molecule has 0 aromatic rings. The van der Waals surface area contributed by atoms with Crippen LogP contribution in [0.15, 0.2) is 0 Å². The number of hydrogen-bond donors (Lipinski definition) is 2. The maximum absolute atomic E-state index is 12.4. The SMILES string of the molecule is CC(C)N1CCC(NC(=O)CN2C[C@@H]3CCC[C@]3(C(N)=O)C2)CC1. The fourth-order valence-electron chi connectivity index (χ4n) is 4.95. The van der Waals surface area contributed by atoms with Gasteiger partial charge in [0.1, 0.15) is 0 Å². The summed E-state index contributed by atoms with van der Waals surface area (Å²) in [7, 11) is 0. The number of hydrogen-bond acceptors (Lipinski definition) is 4. The fraction of sp³-hybridized carbons (Fsp3) is 0.889. The molecule has 0 unspecified atom stereocenters. The van der Waals surface area contributed by atoms with Crippen LogP contribution in [-0.4, -0.2) is 66.4 Å². The number of rotatable bonds is 5. The van der Waals surface area contributed by atoms with Gasteiger partial charge in [-0.3, -0.25) is 14.5 Å². The smallest absolute Gasteiger partial charge is 0.234 e. The molecule has 2 atom stereocenters. The van der Waals surface area contributed by atoms with Crippen LogP contribution in [0, 0.1) is 11.3 Å². The molecule has 3 rings (SSSR count). The van der Waals surface area contributed by atoms with E-state index in [-0.39, 0.29) is 17.2 Å². The highest BCUT2D eigenvalue weighted by Gasteiger charge is 2.53. The summed E-state index contributed by atoms with van der Waals surface area (Å²) in [5.41, 5.74) is 5.31. The normalized spacial score (nSPS) is 32.2. The third-order valence-corrected chi connectivity index (χ3v) is 6.42. The predicted octanol–water partition coefficient (Wildman–Crippen LogP) is 0.563. The minimum absolute atomic E-state index is 0.0950. The van der Waals surface area contributed by atoms with Gasteiger partial charge in [-0.15, -0.1) is 0 Å². The summed E-state index contributed by atoms with van der Waals surface area (Å²) in [4.78, 5) is 28.9. The Morgan fingerprint density at radius 1 is 1.25 bits per heavy atom. The van der Waals surface area contributed by atoms with E-state index in [4.69, 9.17) is 5.73 Å². The van der Waals surface area contributed by atoms with Gasteiger partial charge in [-0.05, 0) is 45.4 Å². The first-order chi connectivity index (χ1) is 11.4. The Labute approximate surface area is 145 Å². The van der Waals surface area contributed by atoms with E-state index in [1.54, 1.807) is 0 Å². The molecular weight excluding hydrogens is 304 g/mol. The van der Waals surface area contributed by atoms with Crippen molar-refractivity contribution in [1.29, 1.82) is 0 Å². The lowest BCUT2D eigenvalue weighted by Gasteiger charge is -2.35. The summed E-state index contributed by atoms with van der Waals surface area (Å²) in [6.45, 7) is 8.44. The minimum Gasteiger partial charge on any atom is -0.369 e. The number of carbonyl (C=O) groups is 2. The van der Waals surface area contributed by atoms with Crippen LogP contribution in [0.5, 0.6) is 0 Å². The molecule has 3 N–H and O–H groups in total. The van der Waals surface area contributed by atoms with Crippen molar-refractivity contribution in [2.75, 3.05) is 32.7 Å². The Bertz CT molecular complexity index is 487. The molecule has 3 aliphatic rings. The molecule has 6 nitrogen and oxygen atoms in total. The van der Waals surface area contributed by atoms with E-state index in [2.05, 4.69) is 29.0 Å². The summed E-state index contributed by atoms with van der Waals surface area (Å²) in [6, 6.07) is 0.871. The second-order valence-electron chi connectivity index (χ2n) is 8.25. The lowest BCUT2D eigenvalue weighted by molar-refractivity contribution is -0.129. The molecule has 2 aliphatic heterocycles. The van der Waals surface area contributed by atoms with Gasteiger partial charge in [0.25, 0.3) is 0 Å². The van der Waals surface area contributed by atoms with E-state index in [9.17, 15) is 9.59 Å². The number of piperidine rings is 1. The van der Waals surface area contributed by atoms with Crippen molar-refractivity contribution in [2.45, 2.75) is 58.0 Å². The highest BCUT2D eigenvalue weighted by molar-refractivity contribution is 5.83. The maximum Gasteiger partial charge on any atom is 0.234 e. The lowest BCUT2D eigenvalue weighted by Crippen LogP contribution is -2.49. The monoisotopic (exact) mass is 336 g/mol. The van der Waals surface area contributed by atoms with Crippen LogP contribution in [0.3, 0.4) is 0 Å². The molecule has 0 aromatic heterocycles. The van der Waals surface area contributed by atoms with E-state index in [1.807, 2.05) is 0 Å². The van der Waals surface area contributed by atoms with Crippen LogP contribution in [0.4, 0.5) is 0 Å². The molecule has 1 saturated carbocycles. The van der Waals surface area contributed by atoms with Crippen molar-refractivity contribution < 1.29 is 9.59 Å². The lowest BCUT2D eigenvalue weighted by atomic mass is 9.80. The number of primary amides is 1. The molecule has 6 heteroatoms. The molecule has 2 amide bonds. The second-order valence-corrected chi connectivity index (χ2v) is 8.25. The maximum atomic E-state index is 12.4. The first kappa shape index (κ1) is 17.7. The van der Waals surface area contributed by atoms with E-state index in [1.165, 1.54) is 0 Å². The van der Waals surface area contributed by atoms with Crippen molar-refractivity contribution in [3.05, 3.63) is 0 Å². The van der Waals surface area contributed by atoms with Gasteiger partial charge in [-0.2, -0.15) is 0 Å². The van der Waals surface area contributed by atoms with Crippen LogP contribution in [-0.2, 0) is 9.59 Å². The number of amides is 2. The third-order valence-electron chi connectivity index (χ3n) is 6.42. The highest BCUT2D eigenvalue weighted by Crippen LogP contribution is 2.48. The second kappa shape index (κ2) is 7.00. The Kier molecular flexibility index (Phi) is 5.16. The van der Waals surface area contributed by atoms with Crippen LogP contribution in [0.2, 0.25) is 0 Å². The van der Waals surface area contributed by atoms with Gasteiger partial charge in [0, 0.05) is 38.3 Å². The zero-order valence-electron chi connectivity index (χ0n) is 15.1. The van der Waals surface area contributed by atoms with Crippen LogP contribution >= 0.6 is 0 Å². The van der Waals surface area contributed by atoms with Crippen LogP contribution in [0.25, 0.3) is 0 Å². The predicted molar refractivity (Wildman–Crippen MR) is 93.3 cm³/mol. The number of nitrogens with zero attached hydrogens (tertiary/aromatic N) is 2.